The summed E-state index contributed by atoms with van der Waals surface area (Å²) in [6.45, 7) is 2.33. The van der Waals surface area contributed by atoms with Gasteiger partial charge in [-0.2, -0.15) is 0 Å². The predicted octanol–water partition coefficient (Wildman–Crippen LogP) is 1.95. The van der Waals surface area contributed by atoms with E-state index in [1.54, 1.807) is 37.4 Å². The largest absolute Gasteiger partial charge is 0.497 e. The molecule has 0 atom stereocenters. The Labute approximate surface area is 158 Å². The molecule has 144 valence electrons. The number of carbonyl (C=O) groups excluding carboxylic acids is 2. The van der Waals surface area contributed by atoms with Gasteiger partial charge in [0.1, 0.15) is 17.2 Å². The number of amides is 2. The van der Waals surface area contributed by atoms with Crippen molar-refractivity contribution in [1.29, 1.82) is 0 Å². The van der Waals surface area contributed by atoms with Crippen LogP contribution >= 0.6 is 0 Å². The number of H-pyrrole nitrogens is 1. The first-order valence-corrected chi connectivity index (χ1v) is 9.03. The van der Waals surface area contributed by atoms with Crippen molar-refractivity contribution in [3.63, 3.8) is 0 Å². The van der Waals surface area contributed by atoms with Gasteiger partial charge in [0.15, 0.2) is 0 Å². The summed E-state index contributed by atoms with van der Waals surface area (Å²) in [5.74, 6) is 1.36. The quantitative estimate of drug-likeness (QED) is 0.872. The lowest BCUT2D eigenvalue weighted by atomic mass is 10.1. The van der Waals surface area contributed by atoms with Crippen LogP contribution < -0.4 is 9.47 Å². The van der Waals surface area contributed by atoms with Gasteiger partial charge in [0.05, 0.1) is 20.6 Å². The highest BCUT2D eigenvalue weighted by molar-refractivity contribution is 5.92. The second-order valence-corrected chi connectivity index (χ2v) is 6.46. The average molecular weight is 371 g/mol. The van der Waals surface area contributed by atoms with Crippen molar-refractivity contribution in [3.05, 3.63) is 47.8 Å². The zero-order chi connectivity index (χ0) is 19.2. The summed E-state index contributed by atoms with van der Waals surface area (Å²) in [6.07, 6.45) is 2.74. The molecule has 7 nitrogen and oxygen atoms in total. The molecule has 2 amide bonds. The molecular formula is C20H25N3O4. The minimum atomic E-state index is -0.0243. The standard InChI is InChI=1S/C20H25N3O4/c1-26-16-6-7-18(27-2)15(13-16)14-19(24)22-9-4-10-23(12-11-22)20(25)17-5-3-8-21-17/h3,5-8,13,21H,4,9-12,14H2,1-2H3. The molecule has 7 heteroatoms. The molecule has 0 aliphatic carbocycles. The van der Waals surface area contributed by atoms with Gasteiger partial charge in [-0.25, -0.2) is 0 Å². The van der Waals surface area contributed by atoms with Gasteiger partial charge in [0.25, 0.3) is 5.91 Å². The van der Waals surface area contributed by atoms with E-state index in [9.17, 15) is 9.59 Å². The van der Waals surface area contributed by atoms with Crippen LogP contribution in [0.5, 0.6) is 11.5 Å². The van der Waals surface area contributed by atoms with Crippen molar-refractivity contribution < 1.29 is 19.1 Å². The zero-order valence-electron chi connectivity index (χ0n) is 15.7. The van der Waals surface area contributed by atoms with E-state index in [1.165, 1.54) is 0 Å². The second kappa shape index (κ2) is 8.62. The molecule has 1 saturated heterocycles. The molecule has 0 radical (unpaired) electrons. The monoisotopic (exact) mass is 371 g/mol. The first kappa shape index (κ1) is 18.8. The molecule has 3 rings (SSSR count). The predicted molar refractivity (Wildman–Crippen MR) is 101 cm³/mol. The Hall–Kier alpha value is -2.96. The van der Waals surface area contributed by atoms with Gasteiger partial charge in [0, 0.05) is 37.9 Å². The summed E-state index contributed by atoms with van der Waals surface area (Å²) in [5, 5.41) is 0. The van der Waals surface area contributed by atoms with Crippen molar-refractivity contribution in [2.24, 2.45) is 0 Å². The number of aromatic nitrogens is 1. The Bertz CT molecular complexity index is 789. The zero-order valence-corrected chi connectivity index (χ0v) is 15.7. The summed E-state index contributed by atoms with van der Waals surface area (Å²) in [5.41, 5.74) is 1.38. The lowest BCUT2D eigenvalue weighted by Gasteiger charge is -2.22. The maximum absolute atomic E-state index is 12.8. The number of aromatic amines is 1. The summed E-state index contributed by atoms with van der Waals surface area (Å²) >= 11 is 0. The maximum atomic E-state index is 12.8. The third-order valence-corrected chi connectivity index (χ3v) is 4.79. The molecule has 0 unspecified atom stereocenters. The number of ether oxygens (including phenoxy) is 2. The van der Waals surface area contributed by atoms with Crippen molar-refractivity contribution in [1.82, 2.24) is 14.8 Å². The fraction of sp³-hybridized carbons (Fsp3) is 0.400. The molecule has 1 aliphatic heterocycles. The smallest absolute Gasteiger partial charge is 0.270 e. The SMILES string of the molecule is COc1ccc(OC)c(CC(=O)N2CCCN(C(=O)c3ccc[nH]3)CC2)c1. The summed E-state index contributed by atoms with van der Waals surface area (Å²) < 4.78 is 10.6. The van der Waals surface area contributed by atoms with E-state index in [2.05, 4.69) is 4.98 Å². The van der Waals surface area contributed by atoms with Crippen molar-refractivity contribution in [2.75, 3.05) is 40.4 Å². The molecule has 1 aromatic carbocycles. The van der Waals surface area contributed by atoms with E-state index in [1.807, 2.05) is 23.1 Å². The average Bonchev–Trinajstić information content (AvgIpc) is 3.11. The van der Waals surface area contributed by atoms with Crippen LogP contribution in [0.4, 0.5) is 0 Å². The minimum Gasteiger partial charge on any atom is -0.497 e. The molecule has 1 N–H and O–H groups in total. The van der Waals surface area contributed by atoms with E-state index in [0.29, 0.717) is 43.4 Å². The van der Waals surface area contributed by atoms with Crippen molar-refractivity contribution >= 4 is 11.8 Å². The van der Waals surface area contributed by atoms with Gasteiger partial charge in [-0.05, 0) is 36.8 Å². The summed E-state index contributed by atoms with van der Waals surface area (Å²) in [6, 6.07) is 9.02. The van der Waals surface area contributed by atoms with Crippen LogP contribution in [0.2, 0.25) is 0 Å². The molecule has 2 heterocycles. The number of benzene rings is 1. The maximum Gasteiger partial charge on any atom is 0.270 e. The highest BCUT2D eigenvalue weighted by atomic mass is 16.5. The number of rotatable bonds is 5. The molecular weight excluding hydrogens is 346 g/mol. The van der Waals surface area contributed by atoms with E-state index >= 15 is 0 Å². The van der Waals surface area contributed by atoms with Gasteiger partial charge in [-0.3, -0.25) is 9.59 Å². The molecule has 27 heavy (non-hydrogen) atoms. The Balaban J connectivity index is 1.64. The first-order chi connectivity index (χ1) is 13.1. The topological polar surface area (TPSA) is 74.9 Å². The molecule has 0 spiro atoms. The highest BCUT2D eigenvalue weighted by Crippen LogP contribution is 2.25. The normalized spacial score (nSPS) is 14.6. The molecule has 1 aliphatic rings. The van der Waals surface area contributed by atoms with Gasteiger partial charge in [0.2, 0.25) is 5.91 Å². The third-order valence-electron chi connectivity index (χ3n) is 4.79. The molecule has 1 fully saturated rings. The van der Waals surface area contributed by atoms with Crippen LogP contribution in [0.25, 0.3) is 0 Å². The first-order valence-electron chi connectivity index (χ1n) is 9.03. The molecule has 0 saturated carbocycles. The molecule has 2 aromatic rings. The van der Waals surface area contributed by atoms with Crippen molar-refractivity contribution in [3.8, 4) is 11.5 Å². The number of hydrogen-bond donors (Lipinski definition) is 1. The van der Waals surface area contributed by atoms with Crippen molar-refractivity contribution in [2.45, 2.75) is 12.8 Å². The third kappa shape index (κ3) is 4.42. The molecule has 0 bridgehead atoms. The Morgan fingerprint density at radius 3 is 2.52 bits per heavy atom. The summed E-state index contributed by atoms with van der Waals surface area (Å²) in [7, 11) is 3.18. The fourth-order valence-corrected chi connectivity index (χ4v) is 3.30. The van der Waals surface area contributed by atoms with E-state index in [4.69, 9.17) is 9.47 Å². The molecule has 1 aromatic heterocycles. The van der Waals surface area contributed by atoms with Crippen LogP contribution in [-0.4, -0.2) is 67.0 Å². The Morgan fingerprint density at radius 1 is 1.04 bits per heavy atom. The number of nitrogens with zero attached hydrogens (tertiary/aromatic N) is 2. The van der Waals surface area contributed by atoms with Crippen LogP contribution in [0.1, 0.15) is 22.5 Å². The number of nitrogens with one attached hydrogen (secondary N) is 1. The Morgan fingerprint density at radius 2 is 1.81 bits per heavy atom. The van der Waals surface area contributed by atoms with E-state index in [-0.39, 0.29) is 18.2 Å². The van der Waals surface area contributed by atoms with Gasteiger partial charge in [-0.15, -0.1) is 0 Å². The van der Waals surface area contributed by atoms with Crippen LogP contribution in [0, 0.1) is 0 Å². The van der Waals surface area contributed by atoms with E-state index < -0.39 is 0 Å². The van der Waals surface area contributed by atoms with Gasteiger partial charge < -0.3 is 24.3 Å². The number of carbonyl (C=O) groups is 2. The van der Waals surface area contributed by atoms with Gasteiger partial charge in [-0.1, -0.05) is 0 Å². The van der Waals surface area contributed by atoms with Crippen LogP contribution in [-0.2, 0) is 11.2 Å². The van der Waals surface area contributed by atoms with E-state index in [0.717, 1.165) is 12.0 Å². The minimum absolute atomic E-state index is 0.0238. The van der Waals surface area contributed by atoms with Crippen LogP contribution in [0.15, 0.2) is 36.5 Å². The lowest BCUT2D eigenvalue weighted by molar-refractivity contribution is -0.130. The lowest BCUT2D eigenvalue weighted by Crippen LogP contribution is -2.38. The fourth-order valence-electron chi connectivity index (χ4n) is 3.30. The Kier molecular flexibility index (Phi) is 6.01. The summed E-state index contributed by atoms with van der Waals surface area (Å²) in [4.78, 5) is 31.9. The second-order valence-electron chi connectivity index (χ2n) is 6.46. The number of methoxy groups -OCH3 is 2. The number of hydrogen-bond acceptors (Lipinski definition) is 4. The van der Waals surface area contributed by atoms with Gasteiger partial charge >= 0.3 is 0 Å². The van der Waals surface area contributed by atoms with Crippen LogP contribution in [0.3, 0.4) is 0 Å². The highest BCUT2D eigenvalue weighted by Gasteiger charge is 2.24.